The third kappa shape index (κ3) is 5.43. The SMILES string of the molecule is O=C(NCC(O)C(O)c1ccc(-c2cc(C(=O)O)[nH]n2)cc1)OCc1ccccc1. The van der Waals surface area contributed by atoms with Crippen molar-refractivity contribution < 1.29 is 29.6 Å². The van der Waals surface area contributed by atoms with Gasteiger partial charge in [-0.25, -0.2) is 9.59 Å². The summed E-state index contributed by atoms with van der Waals surface area (Å²) in [5.41, 5.74) is 2.32. The largest absolute Gasteiger partial charge is 0.477 e. The van der Waals surface area contributed by atoms with Crippen molar-refractivity contribution in [3.8, 4) is 11.3 Å². The van der Waals surface area contributed by atoms with Crippen molar-refractivity contribution in [1.82, 2.24) is 15.5 Å². The maximum atomic E-state index is 11.8. The Labute approximate surface area is 172 Å². The van der Waals surface area contributed by atoms with Crippen molar-refractivity contribution in [3.05, 3.63) is 77.5 Å². The minimum atomic E-state index is -1.25. The summed E-state index contributed by atoms with van der Waals surface area (Å²) in [6.45, 7) is -0.0958. The van der Waals surface area contributed by atoms with Crippen molar-refractivity contribution in [1.29, 1.82) is 0 Å². The second-order valence-electron chi connectivity index (χ2n) is 6.55. The number of carboxylic acids is 1. The van der Waals surface area contributed by atoms with Gasteiger partial charge in [-0.3, -0.25) is 5.10 Å². The maximum absolute atomic E-state index is 11.8. The third-order valence-electron chi connectivity index (χ3n) is 4.39. The number of hydrogen-bond donors (Lipinski definition) is 5. The van der Waals surface area contributed by atoms with Gasteiger partial charge in [0.1, 0.15) is 24.5 Å². The molecule has 30 heavy (non-hydrogen) atoms. The number of aromatic amines is 1. The molecule has 0 aliphatic heterocycles. The van der Waals surface area contributed by atoms with Gasteiger partial charge in [0.2, 0.25) is 0 Å². The summed E-state index contributed by atoms with van der Waals surface area (Å²) in [5.74, 6) is -1.11. The van der Waals surface area contributed by atoms with Crippen molar-refractivity contribution in [2.75, 3.05) is 6.54 Å². The number of carboxylic acid groups (broad SMARTS) is 1. The lowest BCUT2D eigenvalue weighted by atomic mass is 10.0. The highest BCUT2D eigenvalue weighted by Gasteiger charge is 2.20. The van der Waals surface area contributed by atoms with Crippen LogP contribution in [-0.4, -0.2) is 50.2 Å². The van der Waals surface area contributed by atoms with Crippen molar-refractivity contribution >= 4 is 12.1 Å². The van der Waals surface area contributed by atoms with E-state index in [4.69, 9.17) is 9.84 Å². The first-order valence-corrected chi connectivity index (χ1v) is 9.14. The molecule has 3 aromatic rings. The van der Waals surface area contributed by atoms with Gasteiger partial charge in [0.15, 0.2) is 0 Å². The van der Waals surface area contributed by atoms with Gasteiger partial charge >= 0.3 is 12.1 Å². The van der Waals surface area contributed by atoms with Crippen molar-refractivity contribution in [2.45, 2.75) is 18.8 Å². The number of carbonyl (C=O) groups excluding carboxylic acids is 1. The van der Waals surface area contributed by atoms with E-state index < -0.39 is 24.3 Å². The van der Waals surface area contributed by atoms with Crippen LogP contribution >= 0.6 is 0 Å². The molecule has 2 aromatic carbocycles. The summed E-state index contributed by atoms with van der Waals surface area (Å²) >= 11 is 0. The van der Waals surface area contributed by atoms with Crippen LogP contribution in [0.2, 0.25) is 0 Å². The number of nitrogens with one attached hydrogen (secondary N) is 2. The number of carbonyl (C=O) groups is 2. The van der Waals surface area contributed by atoms with E-state index >= 15 is 0 Å². The number of hydrogen-bond acceptors (Lipinski definition) is 6. The molecule has 0 saturated heterocycles. The summed E-state index contributed by atoms with van der Waals surface area (Å²) in [6, 6.07) is 17.0. The van der Waals surface area contributed by atoms with Gasteiger partial charge in [-0.05, 0) is 17.2 Å². The van der Waals surface area contributed by atoms with Crippen LogP contribution in [-0.2, 0) is 11.3 Å². The van der Waals surface area contributed by atoms with Crippen LogP contribution in [0, 0.1) is 0 Å². The van der Waals surface area contributed by atoms with Gasteiger partial charge in [-0.2, -0.15) is 5.10 Å². The third-order valence-corrected chi connectivity index (χ3v) is 4.39. The molecule has 9 heteroatoms. The predicted molar refractivity (Wildman–Crippen MR) is 107 cm³/mol. The second kappa shape index (κ2) is 9.68. The molecule has 0 radical (unpaired) electrons. The molecule has 1 amide bonds. The van der Waals surface area contributed by atoms with Gasteiger partial charge in [0.25, 0.3) is 0 Å². The Balaban J connectivity index is 1.50. The zero-order valence-corrected chi connectivity index (χ0v) is 15.9. The molecule has 1 aromatic heterocycles. The number of benzene rings is 2. The lowest BCUT2D eigenvalue weighted by Crippen LogP contribution is -2.35. The fourth-order valence-corrected chi connectivity index (χ4v) is 2.73. The average Bonchev–Trinajstić information content (AvgIpc) is 3.27. The number of ether oxygens (including phenoxy) is 1. The highest BCUT2D eigenvalue weighted by molar-refractivity contribution is 5.86. The molecule has 0 aliphatic carbocycles. The molecule has 9 nitrogen and oxygen atoms in total. The fraction of sp³-hybridized carbons (Fsp3) is 0.190. The lowest BCUT2D eigenvalue weighted by molar-refractivity contribution is 0.0184. The van der Waals surface area contributed by atoms with Gasteiger partial charge in [-0.1, -0.05) is 54.6 Å². The molecule has 0 spiro atoms. The van der Waals surface area contributed by atoms with E-state index in [1.807, 2.05) is 30.3 Å². The second-order valence-corrected chi connectivity index (χ2v) is 6.55. The van der Waals surface area contributed by atoms with Crippen molar-refractivity contribution in [3.63, 3.8) is 0 Å². The number of amides is 1. The van der Waals surface area contributed by atoms with Crippen LogP contribution in [0.3, 0.4) is 0 Å². The normalized spacial score (nSPS) is 12.7. The fourth-order valence-electron chi connectivity index (χ4n) is 2.73. The molecule has 0 aliphatic rings. The monoisotopic (exact) mass is 411 g/mol. The van der Waals surface area contributed by atoms with Gasteiger partial charge in [0, 0.05) is 12.1 Å². The van der Waals surface area contributed by atoms with E-state index in [0.717, 1.165) is 5.56 Å². The number of nitrogens with zero attached hydrogens (tertiary/aromatic N) is 1. The van der Waals surface area contributed by atoms with Gasteiger partial charge in [0.05, 0.1) is 5.69 Å². The van der Waals surface area contributed by atoms with E-state index in [9.17, 15) is 19.8 Å². The van der Waals surface area contributed by atoms with Crippen LogP contribution in [0.15, 0.2) is 60.7 Å². The number of aliphatic hydroxyl groups is 2. The molecule has 3 rings (SSSR count). The Morgan fingerprint density at radius 3 is 2.40 bits per heavy atom. The molecule has 5 N–H and O–H groups in total. The molecule has 0 saturated carbocycles. The Morgan fingerprint density at radius 1 is 1.07 bits per heavy atom. The van der Waals surface area contributed by atoms with Crippen LogP contribution < -0.4 is 5.32 Å². The molecule has 0 fully saturated rings. The number of aromatic nitrogens is 2. The number of aliphatic hydroxyl groups excluding tert-OH is 2. The minimum absolute atomic E-state index is 0.0326. The summed E-state index contributed by atoms with van der Waals surface area (Å²) in [4.78, 5) is 22.7. The summed E-state index contributed by atoms with van der Waals surface area (Å²) < 4.78 is 5.05. The molecule has 156 valence electrons. The van der Waals surface area contributed by atoms with Crippen LogP contribution in [0.4, 0.5) is 4.79 Å². The average molecular weight is 411 g/mol. The zero-order valence-electron chi connectivity index (χ0n) is 15.9. The van der Waals surface area contributed by atoms with Crippen LogP contribution in [0.1, 0.15) is 27.7 Å². The summed E-state index contributed by atoms with van der Waals surface area (Å²) in [6.07, 6.45) is -3.18. The molecular formula is C21H21N3O6. The highest BCUT2D eigenvalue weighted by atomic mass is 16.5. The Morgan fingerprint density at radius 2 is 1.77 bits per heavy atom. The smallest absolute Gasteiger partial charge is 0.407 e. The number of H-pyrrole nitrogens is 1. The summed E-state index contributed by atoms with van der Waals surface area (Å²) in [7, 11) is 0. The minimum Gasteiger partial charge on any atom is -0.477 e. The molecule has 2 unspecified atom stereocenters. The number of alkyl carbamates (subject to hydrolysis) is 1. The van der Waals surface area contributed by atoms with Crippen LogP contribution in [0.25, 0.3) is 11.3 Å². The maximum Gasteiger partial charge on any atom is 0.407 e. The molecule has 0 bridgehead atoms. The number of aromatic carboxylic acids is 1. The topological polar surface area (TPSA) is 145 Å². The first-order valence-electron chi connectivity index (χ1n) is 9.14. The van der Waals surface area contributed by atoms with Gasteiger partial charge < -0.3 is 25.4 Å². The van der Waals surface area contributed by atoms with E-state index in [1.165, 1.54) is 6.07 Å². The Kier molecular flexibility index (Phi) is 6.79. The zero-order chi connectivity index (χ0) is 21.5. The van der Waals surface area contributed by atoms with E-state index in [-0.39, 0.29) is 18.8 Å². The number of rotatable bonds is 8. The Bertz CT molecular complexity index is 987. The molecule has 1 heterocycles. The predicted octanol–water partition coefficient (Wildman–Crippen LogP) is 2.10. The lowest BCUT2D eigenvalue weighted by Gasteiger charge is -2.19. The highest BCUT2D eigenvalue weighted by Crippen LogP contribution is 2.22. The summed E-state index contributed by atoms with van der Waals surface area (Å²) in [5, 5.41) is 38.1. The first-order chi connectivity index (χ1) is 14.4. The quantitative estimate of drug-likeness (QED) is 0.382. The van der Waals surface area contributed by atoms with E-state index in [1.54, 1.807) is 24.3 Å². The van der Waals surface area contributed by atoms with Crippen molar-refractivity contribution in [2.24, 2.45) is 0 Å². The Hall–Kier alpha value is -3.69. The van der Waals surface area contributed by atoms with Crippen LogP contribution in [0.5, 0.6) is 0 Å². The van der Waals surface area contributed by atoms with E-state index in [2.05, 4.69) is 15.5 Å². The van der Waals surface area contributed by atoms with Gasteiger partial charge in [-0.15, -0.1) is 0 Å². The molecule has 2 atom stereocenters. The first kappa shape index (κ1) is 21.0. The van der Waals surface area contributed by atoms with E-state index in [0.29, 0.717) is 16.8 Å². The molecular weight excluding hydrogens is 390 g/mol. The standard InChI is InChI=1S/C21H21N3O6/c25-18(11-22-21(29)30-12-13-4-2-1-3-5-13)19(26)15-8-6-14(7-9-15)16-10-17(20(27)28)24-23-16/h1-10,18-19,25-26H,11-12H2,(H,22,29)(H,23,24)(H,27,28).